The van der Waals surface area contributed by atoms with Crippen molar-refractivity contribution in [3.05, 3.63) is 107 Å². The van der Waals surface area contributed by atoms with Gasteiger partial charge in [0.2, 0.25) is 12.3 Å². The second kappa shape index (κ2) is 8.33. The molecule has 2 atom stereocenters. The monoisotopic (exact) mass is 398 g/mol. The van der Waals surface area contributed by atoms with Gasteiger partial charge in [0.15, 0.2) is 6.04 Å². The standard InChI is InChI=1S/C25H23N3O2/c1-17-8-12-20(13-9-17)23-22(26-24(29)21-14-10-18(2)11-15-21)25(30)27-28(23)16-19-6-4-3-5-7-19/h3-16,22-23H,1-2H3,(H-,26,27,29,30)/p+1/b28-16-/t22-,23+/m1/s1. The van der Waals surface area contributed by atoms with Gasteiger partial charge in [0, 0.05) is 16.7 Å². The summed E-state index contributed by atoms with van der Waals surface area (Å²) in [6, 6.07) is 24.0. The zero-order valence-electron chi connectivity index (χ0n) is 17.0. The highest BCUT2D eigenvalue weighted by Crippen LogP contribution is 2.26. The van der Waals surface area contributed by atoms with Crippen LogP contribution in [0.3, 0.4) is 0 Å². The minimum atomic E-state index is -0.721. The van der Waals surface area contributed by atoms with Gasteiger partial charge in [-0.2, -0.15) is 0 Å². The number of aryl methyl sites for hydroxylation is 2. The Morgan fingerprint density at radius 1 is 0.900 bits per heavy atom. The molecule has 0 spiro atoms. The Labute approximate surface area is 176 Å². The summed E-state index contributed by atoms with van der Waals surface area (Å²) in [5, 5.41) is 2.93. The smallest absolute Gasteiger partial charge is 0.304 e. The van der Waals surface area contributed by atoms with Gasteiger partial charge in [-0.3, -0.25) is 9.59 Å². The number of carbonyl (C=O) groups is 2. The minimum absolute atomic E-state index is 0.242. The normalized spacial score (nSPS) is 19.5. The molecule has 2 N–H and O–H groups in total. The number of rotatable bonds is 4. The molecule has 0 radical (unpaired) electrons. The molecule has 1 fully saturated rings. The average Bonchev–Trinajstić information content (AvgIpc) is 3.04. The number of nitrogens with zero attached hydrogens (tertiary/aromatic N) is 1. The molecule has 0 bridgehead atoms. The second-order valence-corrected chi connectivity index (χ2v) is 7.60. The molecule has 0 unspecified atom stereocenters. The highest BCUT2D eigenvalue weighted by Gasteiger charge is 2.47. The third-order valence-corrected chi connectivity index (χ3v) is 5.24. The fraction of sp³-hybridized carbons (Fsp3) is 0.160. The van der Waals surface area contributed by atoms with E-state index in [1.165, 1.54) is 0 Å². The van der Waals surface area contributed by atoms with Crippen molar-refractivity contribution in [2.24, 2.45) is 0 Å². The Bertz CT molecular complexity index is 1090. The van der Waals surface area contributed by atoms with E-state index in [1.807, 2.05) is 86.8 Å². The number of benzene rings is 3. The zero-order valence-corrected chi connectivity index (χ0v) is 17.0. The van der Waals surface area contributed by atoms with Crippen molar-refractivity contribution in [3.63, 3.8) is 0 Å². The summed E-state index contributed by atoms with van der Waals surface area (Å²) in [6.07, 6.45) is 1.89. The fourth-order valence-electron chi connectivity index (χ4n) is 3.57. The number of amides is 2. The molecule has 2 amide bonds. The third-order valence-electron chi connectivity index (χ3n) is 5.24. The van der Waals surface area contributed by atoms with E-state index in [2.05, 4.69) is 10.7 Å². The van der Waals surface area contributed by atoms with E-state index in [4.69, 9.17) is 0 Å². The predicted molar refractivity (Wildman–Crippen MR) is 116 cm³/mol. The van der Waals surface area contributed by atoms with Crippen LogP contribution in [0.4, 0.5) is 0 Å². The van der Waals surface area contributed by atoms with Gasteiger partial charge in [0.05, 0.1) is 0 Å². The summed E-state index contributed by atoms with van der Waals surface area (Å²) in [7, 11) is 0. The molecule has 5 heteroatoms. The van der Waals surface area contributed by atoms with Crippen LogP contribution in [0.1, 0.15) is 38.7 Å². The van der Waals surface area contributed by atoms with Gasteiger partial charge >= 0.3 is 5.91 Å². The van der Waals surface area contributed by atoms with Crippen LogP contribution < -0.4 is 10.7 Å². The first-order valence-corrected chi connectivity index (χ1v) is 9.94. The van der Waals surface area contributed by atoms with E-state index in [0.29, 0.717) is 5.56 Å². The minimum Gasteiger partial charge on any atom is -0.334 e. The molecule has 1 aliphatic heterocycles. The Hall–Kier alpha value is -3.73. The first-order chi connectivity index (χ1) is 14.5. The molecule has 0 aromatic heterocycles. The van der Waals surface area contributed by atoms with Crippen molar-refractivity contribution >= 4 is 18.0 Å². The van der Waals surface area contributed by atoms with Crippen molar-refractivity contribution in [2.75, 3.05) is 0 Å². The molecule has 3 aromatic rings. The van der Waals surface area contributed by atoms with Crippen LogP contribution in [0.25, 0.3) is 0 Å². The maximum Gasteiger partial charge on any atom is 0.304 e. The summed E-state index contributed by atoms with van der Waals surface area (Å²) >= 11 is 0. The fourth-order valence-corrected chi connectivity index (χ4v) is 3.57. The summed E-state index contributed by atoms with van der Waals surface area (Å²) in [5.74, 6) is -0.512. The van der Waals surface area contributed by atoms with Crippen LogP contribution in [-0.4, -0.2) is 28.8 Å². The lowest BCUT2D eigenvalue weighted by molar-refractivity contribution is -0.596. The van der Waals surface area contributed by atoms with Crippen LogP contribution in [0.5, 0.6) is 0 Å². The Kier molecular flexibility index (Phi) is 5.44. The highest BCUT2D eigenvalue weighted by molar-refractivity contribution is 5.98. The number of hydrazine groups is 1. The van der Waals surface area contributed by atoms with Gasteiger partial charge in [-0.25, -0.2) is 0 Å². The molecule has 0 aliphatic carbocycles. The van der Waals surface area contributed by atoms with E-state index in [0.717, 1.165) is 22.3 Å². The van der Waals surface area contributed by atoms with Crippen molar-refractivity contribution in [3.8, 4) is 0 Å². The maximum atomic E-state index is 12.9. The molecule has 30 heavy (non-hydrogen) atoms. The molecule has 1 aliphatic rings. The lowest BCUT2D eigenvalue weighted by atomic mass is 9.98. The summed E-state index contributed by atoms with van der Waals surface area (Å²) in [4.78, 5) is 25.7. The molecule has 1 saturated heterocycles. The van der Waals surface area contributed by atoms with Crippen LogP contribution in [0.2, 0.25) is 0 Å². The number of hydrogen-bond donors (Lipinski definition) is 2. The lowest BCUT2D eigenvalue weighted by Crippen LogP contribution is -2.42. The average molecular weight is 398 g/mol. The van der Waals surface area contributed by atoms with Gasteiger partial charge in [0.25, 0.3) is 5.91 Å². The molecule has 3 aromatic carbocycles. The highest BCUT2D eigenvalue weighted by atomic mass is 16.2. The molecule has 1 heterocycles. The number of hydrazone groups is 1. The van der Waals surface area contributed by atoms with Gasteiger partial charge < -0.3 is 5.32 Å². The third kappa shape index (κ3) is 4.15. The van der Waals surface area contributed by atoms with E-state index >= 15 is 0 Å². The largest absolute Gasteiger partial charge is 0.334 e. The quantitative estimate of drug-likeness (QED) is 0.663. The Morgan fingerprint density at radius 2 is 1.50 bits per heavy atom. The molecule has 4 rings (SSSR count). The van der Waals surface area contributed by atoms with E-state index < -0.39 is 6.04 Å². The zero-order chi connectivity index (χ0) is 21.1. The predicted octanol–water partition coefficient (Wildman–Crippen LogP) is 3.32. The van der Waals surface area contributed by atoms with Crippen molar-refractivity contribution in [1.82, 2.24) is 10.7 Å². The van der Waals surface area contributed by atoms with E-state index in [9.17, 15) is 9.59 Å². The van der Waals surface area contributed by atoms with Crippen molar-refractivity contribution in [2.45, 2.75) is 25.9 Å². The summed E-state index contributed by atoms with van der Waals surface area (Å²) < 4.78 is 1.78. The Balaban J connectivity index is 1.69. The Morgan fingerprint density at radius 3 is 2.13 bits per heavy atom. The second-order valence-electron chi connectivity index (χ2n) is 7.60. The molecular weight excluding hydrogens is 374 g/mol. The van der Waals surface area contributed by atoms with Gasteiger partial charge in [-0.15, -0.1) is 10.1 Å². The summed E-state index contributed by atoms with van der Waals surface area (Å²) in [5.41, 5.74) is 7.55. The maximum absolute atomic E-state index is 12.9. The van der Waals surface area contributed by atoms with E-state index in [1.54, 1.807) is 16.8 Å². The van der Waals surface area contributed by atoms with Crippen molar-refractivity contribution < 1.29 is 14.3 Å². The van der Waals surface area contributed by atoms with Crippen molar-refractivity contribution in [1.29, 1.82) is 0 Å². The van der Waals surface area contributed by atoms with Gasteiger partial charge in [-0.1, -0.05) is 65.7 Å². The molecule has 5 nitrogen and oxygen atoms in total. The number of carbonyl (C=O) groups excluding carboxylic acids is 2. The molecule has 150 valence electrons. The summed E-state index contributed by atoms with van der Waals surface area (Å²) in [6.45, 7) is 3.99. The molecular formula is C25H24N3O2+. The molecule has 0 saturated carbocycles. The lowest BCUT2D eigenvalue weighted by Gasteiger charge is -2.15. The van der Waals surface area contributed by atoms with Gasteiger partial charge in [0.1, 0.15) is 0 Å². The van der Waals surface area contributed by atoms with E-state index in [-0.39, 0.29) is 17.9 Å². The first-order valence-electron chi connectivity index (χ1n) is 9.94. The topological polar surface area (TPSA) is 61.2 Å². The SMILES string of the molecule is Cc1ccc(C(=O)N[C@H]2C(=O)N/[N+](=C\c3ccccc3)[C@H]2c2ccc(C)cc2)cc1. The first kappa shape index (κ1) is 19.6. The van der Waals surface area contributed by atoms with Crippen LogP contribution in [-0.2, 0) is 4.79 Å². The number of nitrogens with one attached hydrogen (secondary N) is 2. The number of hydrogen-bond acceptors (Lipinski definition) is 2. The van der Waals surface area contributed by atoms with Gasteiger partial charge in [-0.05, 0) is 38.1 Å². The van der Waals surface area contributed by atoms with Crippen LogP contribution in [0.15, 0.2) is 78.9 Å². The van der Waals surface area contributed by atoms with Crippen LogP contribution in [0, 0.1) is 13.8 Å². The van der Waals surface area contributed by atoms with Crippen LogP contribution >= 0.6 is 0 Å².